The normalized spacial score (nSPS) is 21.4. The van der Waals surface area contributed by atoms with Gasteiger partial charge in [-0.2, -0.15) is 0 Å². The van der Waals surface area contributed by atoms with Gasteiger partial charge in [0.25, 0.3) is 0 Å². The molecule has 0 saturated carbocycles. The molecule has 1 aromatic carbocycles. The van der Waals surface area contributed by atoms with Crippen LogP contribution in [0.1, 0.15) is 12.8 Å². The predicted molar refractivity (Wildman–Crippen MR) is 68.0 cm³/mol. The molecule has 0 spiro atoms. The van der Waals surface area contributed by atoms with E-state index in [4.69, 9.17) is 10.5 Å². The number of piperidine rings is 1. The molecule has 0 aliphatic carbocycles. The number of nitrogen functional groups attached to an aromatic ring is 1. The second kappa shape index (κ2) is 5.89. The second-order valence-electron chi connectivity index (χ2n) is 4.48. The third-order valence-electron chi connectivity index (χ3n) is 3.06. The summed E-state index contributed by atoms with van der Waals surface area (Å²) >= 11 is 0. The minimum atomic E-state index is -0.175. The van der Waals surface area contributed by atoms with Crippen molar-refractivity contribution in [3.05, 3.63) is 24.3 Å². The van der Waals surface area contributed by atoms with Crippen LogP contribution in [0.2, 0.25) is 0 Å². The monoisotopic (exact) mass is 236 g/mol. The van der Waals surface area contributed by atoms with Gasteiger partial charge in [0, 0.05) is 13.1 Å². The second-order valence-corrected chi connectivity index (χ2v) is 4.48. The van der Waals surface area contributed by atoms with Crippen LogP contribution in [0.15, 0.2) is 24.3 Å². The van der Waals surface area contributed by atoms with E-state index >= 15 is 0 Å². The number of rotatable bonds is 4. The third kappa shape index (κ3) is 3.61. The number of nitrogens with two attached hydrogens (primary N) is 1. The third-order valence-corrected chi connectivity index (χ3v) is 3.06. The van der Waals surface area contributed by atoms with E-state index in [1.165, 1.54) is 0 Å². The molecule has 4 nitrogen and oxygen atoms in total. The van der Waals surface area contributed by atoms with Gasteiger partial charge in [-0.1, -0.05) is 12.1 Å². The number of likely N-dealkylation sites (tertiary alicyclic amines) is 1. The highest BCUT2D eigenvalue weighted by Gasteiger charge is 2.17. The number of anilines is 1. The van der Waals surface area contributed by atoms with Crippen molar-refractivity contribution in [1.29, 1.82) is 0 Å². The van der Waals surface area contributed by atoms with Crippen molar-refractivity contribution in [2.45, 2.75) is 18.9 Å². The molecule has 1 aromatic rings. The average molecular weight is 236 g/mol. The quantitative estimate of drug-likeness (QED) is 0.769. The molecular formula is C13H20N2O2. The van der Waals surface area contributed by atoms with E-state index in [0.29, 0.717) is 12.3 Å². The summed E-state index contributed by atoms with van der Waals surface area (Å²) in [7, 11) is 0. The van der Waals surface area contributed by atoms with E-state index in [9.17, 15) is 5.11 Å². The molecular weight excluding hydrogens is 216 g/mol. The number of aliphatic hydroxyl groups excluding tert-OH is 1. The van der Waals surface area contributed by atoms with Crippen molar-refractivity contribution in [2.75, 3.05) is 32.0 Å². The van der Waals surface area contributed by atoms with Crippen LogP contribution in [0, 0.1) is 0 Å². The zero-order valence-corrected chi connectivity index (χ0v) is 10.0. The Balaban J connectivity index is 1.74. The average Bonchev–Trinajstić information content (AvgIpc) is 2.32. The van der Waals surface area contributed by atoms with Crippen molar-refractivity contribution >= 4 is 5.69 Å². The first-order chi connectivity index (χ1) is 8.25. The molecule has 1 aliphatic rings. The largest absolute Gasteiger partial charge is 0.490 e. The molecule has 1 fully saturated rings. The molecule has 1 saturated heterocycles. The van der Waals surface area contributed by atoms with Crippen LogP contribution in [-0.2, 0) is 0 Å². The number of aliphatic hydroxyl groups is 1. The van der Waals surface area contributed by atoms with E-state index in [-0.39, 0.29) is 6.10 Å². The highest BCUT2D eigenvalue weighted by Crippen LogP contribution is 2.19. The van der Waals surface area contributed by atoms with Gasteiger partial charge < -0.3 is 15.6 Å². The maximum atomic E-state index is 9.54. The maximum Gasteiger partial charge on any atom is 0.142 e. The van der Waals surface area contributed by atoms with Gasteiger partial charge in [0.2, 0.25) is 0 Å². The number of hydrogen-bond acceptors (Lipinski definition) is 4. The summed E-state index contributed by atoms with van der Waals surface area (Å²) < 4.78 is 5.63. The minimum absolute atomic E-state index is 0.175. The molecule has 1 atom stereocenters. The van der Waals surface area contributed by atoms with Gasteiger partial charge >= 0.3 is 0 Å². The van der Waals surface area contributed by atoms with Gasteiger partial charge in [-0.05, 0) is 31.5 Å². The van der Waals surface area contributed by atoms with Crippen LogP contribution in [0.5, 0.6) is 5.75 Å². The highest BCUT2D eigenvalue weighted by atomic mass is 16.5. The number of ether oxygens (including phenoxy) is 1. The summed E-state index contributed by atoms with van der Waals surface area (Å²) in [5.74, 6) is 0.741. The summed E-state index contributed by atoms with van der Waals surface area (Å²) in [5.41, 5.74) is 6.46. The molecule has 17 heavy (non-hydrogen) atoms. The zero-order chi connectivity index (χ0) is 12.1. The molecule has 1 aliphatic heterocycles. The summed E-state index contributed by atoms with van der Waals surface area (Å²) in [4.78, 5) is 2.23. The van der Waals surface area contributed by atoms with Gasteiger partial charge in [0.05, 0.1) is 11.8 Å². The number of benzene rings is 1. The number of β-amino-alcohol motifs (C(OH)–C–C–N with tert-alkyl or cyclic N) is 1. The predicted octanol–water partition coefficient (Wildman–Crippen LogP) is 1.10. The highest BCUT2D eigenvalue weighted by molar-refractivity contribution is 5.51. The Labute approximate surface area is 102 Å². The van der Waals surface area contributed by atoms with Gasteiger partial charge in [-0.3, -0.25) is 4.90 Å². The van der Waals surface area contributed by atoms with Gasteiger partial charge in [-0.15, -0.1) is 0 Å². The Hall–Kier alpha value is -1.26. The van der Waals surface area contributed by atoms with Crippen molar-refractivity contribution in [1.82, 2.24) is 4.90 Å². The van der Waals surface area contributed by atoms with Gasteiger partial charge in [0.15, 0.2) is 0 Å². The lowest BCUT2D eigenvalue weighted by atomic mass is 10.1. The fraction of sp³-hybridized carbons (Fsp3) is 0.538. The fourth-order valence-electron chi connectivity index (χ4n) is 2.13. The van der Waals surface area contributed by atoms with E-state index in [1.807, 2.05) is 24.3 Å². The Bertz CT molecular complexity index is 357. The van der Waals surface area contributed by atoms with E-state index in [2.05, 4.69) is 4.90 Å². The van der Waals surface area contributed by atoms with Crippen LogP contribution in [0.25, 0.3) is 0 Å². The number of para-hydroxylation sites is 2. The molecule has 1 unspecified atom stereocenters. The minimum Gasteiger partial charge on any atom is -0.490 e. The Kier molecular flexibility index (Phi) is 4.23. The Morgan fingerprint density at radius 1 is 1.41 bits per heavy atom. The lowest BCUT2D eigenvalue weighted by Gasteiger charge is -2.29. The fourth-order valence-corrected chi connectivity index (χ4v) is 2.13. The van der Waals surface area contributed by atoms with Gasteiger partial charge in [0.1, 0.15) is 12.4 Å². The van der Waals surface area contributed by atoms with Crippen LogP contribution < -0.4 is 10.5 Å². The molecule has 2 rings (SSSR count). The molecule has 0 aromatic heterocycles. The molecule has 4 heteroatoms. The van der Waals surface area contributed by atoms with E-state index in [1.54, 1.807) is 0 Å². The SMILES string of the molecule is Nc1ccccc1OCCN1CCCC(O)C1. The molecule has 0 amide bonds. The Morgan fingerprint density at radius 2 is 2.24 bits per heavy atom. The van der Waals surface area contributed by atoms with Crippen molar-refractivity contribution in [3.63, 3.8) is 0 Å². The number of nitrogens with zero attached hydrogens (tertiary/aromatic N) is 1. The van der Waals surface area contributed by atoms with Crippen LogP contribution in [0.3, 0.4) is 0 Å². The van der Waals surface area contributed by atoms with Crippen LogP contribution >= 0.6 is 0 Å². The first kappa shape index (κ1) is 12.2. The van der Waals surface area contributed by atoms with E-state index in [0.717, 1.165) is 38.2 Å². The first-order valence-corrected chi connectivity index (χ1v) is 6.13. The topological polar surface area (TPSA) is 58.7 Å². The van der Waals surface area contributed by atoms with Crippen molar-refractivity contribution < 1.29 is 9.84 Å². The summed E-state index contributed by atoms with van der Waals surface area (Å²) in [6.45, 7) is 3.25. The lowest BCUT2D eigenvalue weighted by molar-refractivity contribution is 0.0633. The first-order valence-electron chi connectivity index (χ1n) is 6.13. The summed E-state index contributed by atoms with van der Waals surface area (Å²) in [6, 6.07) is 7.51. The summed E-state index contributed by atoms with van der Waals surface area (Å²) in [6.07, 6.45) is 1.81. The smallest absolute Gasteiger partial charge is 0.142 e. The maximum absolute atomic E-state index is 9.54. The number of hydrogen-bond donors (Lipinski definition) is 2. The van der Waals surface area contributed by atoms with Crippen LogP contribution in [-0.4, -0.2) is 42.4 Å². The zero-order valence-electron chi connectivity index (χ0n) is 10.0. The lowest BCUT2D eigenvalue weighted by Crippen LogP contribution is -2.40. The van der Waals surface area contributed by atoms with Crippen molar-refractivity contribution in [2.24, 2.45) is 0 Å². The standard InChI is InChI=1S/C13H20N2O2/c14-12-5-1-2-6-13(12)17-9-8-15-7-3-4-11(16)10-15/h1-2,5-6,11,16H,3-4,7-10,14H2. The summed E-state index contributed by atoms with van der Waals surface area (Å²) in [5, 5.41) is 9.54. The Morgan fingerprint density at radius 3 is 3.00 bits per heavy atom. The molecule has 1 heterocycles. The van der Waals surface area contributed by atoms with Crippen molar-refractivity contribution in [3.8, 4) is 5.75 Å². The molecule has 0 bridgehead atoms. The van der Waals surface area contributed by atoms with Crippen LogP contribution in [0.4, 0.5) is 5.69 Å². The molecule has 3 N–H and O–H groups in total. The van der Waals surface area contributed by atoms with Gasteiger partial charge in [-0.25, -0.2) is 0 Å². The van der Waals surface area contributed by atoms with E-state index < -0.39 is 0 Å². The molecule has 94 valence electrons. The molecule has 0 radical (unpaired) electrons.